The monoisotopic (exact) mass is 317 g/mol. The standard InChI is InChI=1S/C19H27NO3/c1-12-5-6-14(22-4)16-15(12)19-9-10-20(3)11-18(19,2)8-7-13(21)17(19)23-16/h5-6,14,16-17H,7-11H2,1-4H3. The third kappa shape index (κ3) is 1.86. The van der Waals surface area contributed by atoms with Crippen LogP contribution < -0.4 is 0 Å². The molecule has 0 aromatic rings. The lowest BCUT2D eigenvalue weighted by atomic mass is 9.49. The van der Waals surface area contributed by atoms with Crippen molar-refractivity contribution in [3.05, 3.63) is 23.3 Å². The van der Waals surface area contributed by atoms with Crippen molar-refractivity contribution in [2.45, 2.75) is 51.4 Å². The van der Waals surface area contributed by atoms with Gasteiger partial charge in [-0.15, -0.1) is 0 Å². The van der Waals surface area contributed by atoms with Crippen molar-refractivity contribution in [3.8, 4) is 0 Å². The van der Waals surface area contributed by atoms with Gasteiger partial charge in [-0.2, -0.15) is 0 Å². The first-order valence-corrected chi connectivity index (χ1v) is 8.72. The van der Waals surface area contributed by atoms with Crippen LogP contribution in [-0.4, -0.2) is 56.2 Å². The van der Waals surface area contributed by atoms with Crippen LogP contribution in [0.5, 0.6) is 0 Å². The molecule has 1 saturated carbocycles. The second-order valence-corrected chi connectivity index (χ2v) is 8.08. The van der Waals surface area contributed by atoms with Gasteiger partial charge < -0.3 is 14.4 Å². The number of carbonyl (C=O) groups excluding carboxylic acids is 1. The fraction of sp³-hybridized carbons (Fsp3) is 0.737. The average Bonchev–Trinajstić information content (AvgIpc) is 2.88. The summed E-state index contributed by atoms with van der Waals surface area (Å²) in [7, 11) is 3.92. The van der Waals surface area contributed by atoms with Gasteiger partial charge in [-0.1, -0.05) is 19.1 Å². The summed E-state index contributed by atoms with van der Waals surface area (Å²) in [6.07, 6.45) is 6.38. The molecule has 0 amide bonds. The number of ketones is 1. The van der Waals surface area contributed by atoms with Gasteiger partial charge in [0.05, 0.1) is 0 Å². The lowest BCUT2D eigenvalue weighted by Crippen LogP contribution is -2.61. The molecule has 0 radical (unpaired) electrons. The smallest absolute Gasteiger partial charge is 0.162 e. The highest BCUT2D eigenvalue weighted by Crippen LogP contribution is 2.65. The zero-order valence-corrected chi connectivity index (χ0v) is 14.6. The van der Waals surface area contributed by atoms with Gasteiger partial charge in [0, 0.05) is 25.5 Å². The van der Waals surface area contributed by atoms with Crippen molar-refractivity contribution in [2.75, 3.05) is 27.2 Å². The van der Waals surface area contributed by atoms with Crippen molar-refractivity contribution in [2.24, 2.45) is 10.8 Å². The zero-order valence-electron chi connectivity index (χ0n) is 14.6. The molecule has 5 unspecified atom stereocenters. The lowest BCUT2D eigenvalue weighted by Gasteiger charge is -2.58. The van der Waals surface area contributed by atoms with E-state index in [1.54, 1.807) is 7.11 Å². The summed E-state index contributed by atoms with van der Waals surface area (Å²) >= 11 is 0. The molecule has 1 spiro atoms. The second kappa shape index (κ2) is 5.01. The number of ether oxygens (including phenoxy) is 2. The molecule has 0 N–H and O–H groups in total. The van der Waals surface area contributed by atoms with Crippen LogP contribution in [0, 0.1) is 10.8 Å². The Hall–Kier alpha value is -0.970. The van der Waals surface area contributed by atoms with E-state index < -0.39 is 0 Å². The Balaban J connectivity index is 1.90. The molecule has 2 aliphatic carbocycles. The van der Waals surface area contributed by atoms with Crippen LogP contribution in [0.3, 0.4) is 0 Å². The van der Waals surface area contributed by atoms with E-state index in [0.717, 1.165) is 25.9 Å². The van der Waals surface area contributed by atoms with Gasteiger partial charge in [0.15, 0.2) is 5.78 Å². The van der Waals surface area contributed by atoms with E-state index in [-0.39, 0.29) is 34.9 Å². The molecule has 5 atom stereocenters. The number of likely N-dealkylation sites (tertiary alicyclic amines) is 1. The molecule has 0 aromatic carbocycles. The van der Waals surface area contributed by atoms with Crippen LogP contribution in [0.15, 0.2) is 23.3 Å². The second-order valence-electron chi connectivity index (χ2n) is 8.08. The molecule has 4 aliphatic rings. The molecule has 126 valence electrons. The fourth-order valence-electron chi connectivity index (χ4n) is 5.75. The van der Waals surface area contributed by atoms with E-state index in [4.69, 9.17) is 9.47 Å². The molecule has 2 saturated heterocycles. The Morgan fingerprint density at radius 1 is 1.39 bits per heavy atom. The van der Waals surface area contributed by atoms with Crippen LogP contribution in [0.4, 0.5) is 0 Å². The zero-order chi connectivity index (χ0) is 16.4. The molecular formula is C19H27NO3. The predicted molar refractivity (Wildman–Crippen MR) is 88.2 cm³/mol. The maximum Gasteiger partial charge on any atom is 0.162 e. The summed E-state index contributed by atoms with van der Waals surface area (Å²) in [6.45, 7) is 6.59. The number of allylic oxidation sites excluding steroid dienone is 2. The molecule has 4 heteroatoms. The number of hydrogen-bond acceptors (Lipinski definition) is 4. The first-order chi connectivity index (χ1) is 10.9. The molecule has 4 rings (SSSR count). The fourth-order valence-corrected chi connectivity index (χ4v) is 5.75. The highest BCUT2D eigenvalue weighted by atomic mass is 16.5. The van der Waals surface area contributed by atoms with E-state index >= 15 is 0 Å². The number of nitrogens with zero attached hydrogens (tertiary/aromatic N) is 1. The average molecular weight is 317 g/mol. The third-order valence-electron chi connectivity index (χ3n) is 6.83. The molecule has 23 heavy (non-hydrogen) atoms. The highest BCUT2D eigenvalue weighted by molar-refractivity contribution is 5.87. The van der Waals surface area contributed by atoms with Crippen LogP contribution in [0.2, 0.25) is 0 Å². The maximum absolute atomic E-state index is 12.8. The summed E-state index contributed by atoms with van der Waals surface area (Å²) in [5, 5.41) is 0. The largest absolute Gasteiger partial charge is 0.374 e. The number of carbonyl (C=O) groups is 1. The quantitative estimate of drug-likeness (QED) is 0.744. The van der Waals surface area contributed by atoms with E-state index in [1.165, 1.54) is 11.1 Å². The number of methoxy groups -OCH3 is 1. The number of piperidine rings is 1. The van der Waals surface area contributed by atoms with Crippen LogP contribution in [0.25, 0.3) is 0 Å². The Labute approximate surface area is 138 Å². The van der Waals surface area contributed by atoms with E-state index in [1.807, 2.05) is 0 Å². The van der Waals surface area contributed by atoms with Gasteiger partial charge in [0.2, 0.25) is 0 Å². The van der Waals surface area contributed by atoms with Gasteiger partial charge in [0.25, 0.3) is 0 Å². The molecule has 3 fully saturated rings. The Bertz CT molecular complexity index is 610. The first-order valence-electron chi connectivity index (χ1n) is 8.72. The minimum absolute atomic E-state index is 0.0784. The summed E-state index contributed by atoms with van der Waals surface area (Å²) in [5.74, 6) is 0.289. The third-order valence-corrected chi connectivity index (χ3v) is 6.83. The van der Waals surface area contributed by atoms with Crippen molar-refractivity contribution < 1.29 is 14.3 Å². The van der Waals surface area contributed by atoms with Crippen LogP contribution in [-0.2, 0) is 14.3 Å². The maximum atomic E-state index is 12.8. The Kier molecular flexibility index (Phi) is 3.39. The van der Waals surface area contributed by atoms with Gasteiger partial charge in [-0.3, -0.25) is 4.79 Å². The van der Waals surface area contributed by atoms with Gasteiger partial charge in [-0.05, 0) is 49.9 Å². The van der Waals surface area contributed by atoms with Gasteiger partial charge in [0.1, 0.15) is 18.3 Å². The first kappa shape index (κ1) is 15.6. The Morgan fingerprint density at radius 2 is 2.17 bits per heavy atom. The molecule has 0 aromatic heterocycles. The lowest BCUT2D eigenvalue weighted by molar-refractivity contribution is -0.157. The summed E-state index contributed by atoms with van der Waals surface area (Å²) in [5.41, 5.74) is 2.56. The number of fused-ring (bicyclic) bond motifs is 1. The molecule has 2 heterocycles. The molecule has 0 bridgehead atoms. The van der Waals surface area contributed by atoms with E-state index in [0.29, 0.717) is 6.42 Å². The van der Waals surface area contributed by atoms with Gasteiger partial charge in [-0.25, -0.2) is 0 Å². The van der Waals surface area contributed by atoms with Crippen LogP contribution >= 0.6 is 0 Å². The van der Waals surface area contributed by atoms with E-state index in [9.17, 15) is 4.79 Å². The highest BCUT2D eigenvalue weighted by Gasteiger charge is 2.68. The molecule has 2 aliphatic heterocycles. The number of hydrogen-bond donors (Lipinski definition) is 0. The normalized spacial score (nSPS) is 46.6. The molecular weight excluding hydrogens is 290 g/mol. The topological polar surface area (TPSA) is 38.8 Å². The van der Waals surface area contributed by atoms with Crippen LogP contribution in [0.1, 0.15) is 33.1 Å². The van der Waals surface area contributed by atoms with Crippen molar-refractivity contribution in [1.29, 1.82) is 0 Å². The van der Waals surface area contributed by atoms with Crippen molar-refractivity contribution in [1.82, 2.24) is 4.90 Å². The summed E-state index contributed by atoms with van der Waals surface area (Å²) < 4.78 is 12.1. The van der Waals surface area contributed by atoms with Crippen molar-refractivity contribution >= 4 is 5.78 Å². The molecule has 4 nitrogen and oxygen atoms in total. The number of Topliss-reactive ketones (excluding diaryl/α,β-unsaturated/α-hetero) is 1. The summed E-state index contributed by atoms with van der Waals surface area (Å²) in [6, 6.07) is 0. The van der Waals surface area contributed by atoms with Crippen molar-refractivity contribution in [3.63, 3.8) is 0 Å². The predicted octanol–water partition coefficient (Wildman–Crippen LogP) is 2.35. The van der Waals surface area contributed by atoms with E-state index in [2.05, 4.69) is 37.9 Å². The van der Waals surface area contributed by atoms with Gasteiger partial charge >= 0.3 is 0 Å². The SMILES string of the molecule is COC1C=CC(C)=C2C1OC1C(=O)CCC3(C)CN(C)CCC213. The number of rotatable bonds is 1. The summed E-state index contributed by atoms with van der Waals surface area (Å²) in [4.78, 5) is 15.2. The Morgan fingerprint density at radius 3 is 2.91 bits per heavy atom. The minimum Gasteiger partial charge on any atom is -0.374 e. The minimum atomic E-state index is -0.289.